The number of carbonyl (C=O) groups is 1. The number of rotatable bonds is 4. The number of amides is 1. The number of para-hydroxylation sites is 1. The summed E-state index contributed by atoms with van der Waals surface area (Å²) in [4.78, 5) is 15.5. The molecule has 2 aromatic rings. The molecule has 0 saturated carbocycles. The predicted octanol–water partition coefficient (Wildman–Crippen LogP) is 2.29. The highest BCUT2D eigenvalue weighted by Gasteiger charge is 2.02. The Balaban J connectivity index is 2.11. The van der Waals surface area contributed by atoms with Gasteiger partial charge in [-0.2, -0.15) is 0 Å². The molecule has 0 atom stereocenters. The van der Waals surface area contributed by atoms with Crippen molar-refractivity contribution in [2.45, 2.75) is 6.42 Å². The van der Waals surface area contributed by atoms with Gasteiger partial charge in [-0.1, -0.05) is 40.2 Å². The lowest BCUT2D eigenvalue weighted by Crippen LogP contribution is -2.26. The molecule has 0 radical (unpaired) electrons. The molecule has 0 aliphatic rings. The van der Waals surface area contributed by atoms with E-state index in [0.717, 1.165) is 22.9 Å². The van der Waals surface area contributed by atoms with Gasteiger partial charge < -0.3 is 5.32 Å². The molecule has 1 heterocycles. The number of hydrogen-bond donors (Lipinski definition) is 1. The van der Waals surface area contributed by atoms with Crippen LogP contribution in [0, 0.1) is 0 Å². The van der Waals surface area contributed by atoms with Crippen molar-refractivity contribution >= 4 is 32.7 Å². The van der Waals surface area contributed by atoms with Crippen LogP contribution < -0.4 is 5.32 Å². The SMILES string of the molecule is O=C(CBr)NCCc1cccc2cccnc12. The van der Waals surface area contributed by atoms with E-state index in [1.54, 1.807) is 6.20 Å². The van der Waals surface area contributed by atoms with Crippen LogP contribution in [0.4, 0.5) is 0 Å². The van der Waals surface area contributed by atoms with Crippen molar-refractivity contribution < 1.29 is 4.79 Å². The highest BCUT2D eigenvalue weighted by Crippen LogP contribution is 2.15. The van der Waals surface area contributed by atoms with Crippen LogP contribution in [0.5, 0.6) is 0 Å². The van der Waals surface area contributed by atoms with E-state index < -0.39 is 0 Å². The molecule has 2 rings (SSSR count). The second-order valence-corrected chi connectivity index (χ2v) is 4.29. The summed E-state index contributed by atoms with van der Waals surface area (Å²) in [7, 11) is 0. The van der Waals surface area contributed by atoms with Gasteiger partial charge in [0.05, 0.1) is 10.8 Å². The zero-order chi connectivity index (χ0) is 12.1. The zero-order valence-corrected chi connectivity index (χ0v) is 10.9. The Labute approximate surface area is 108 Å². The number of hydrogen-bond acceptors (Lipinski definition) is 2. The van der Waals surface area contributed by atoms with E-state index in [-0.39, 0.29) is 5.91 Å². The average molecular weight is 293 g/mol. The number of aromatic nitrogens is 1. The van der Waals surface area contributed by atoms with E-state index >= 15 is 0 Å². The quantitative estimate of drug-likeness (QED) is 0.879. The molecule has 0 unspecified atom stereocenters. The van der Waals surface area contributed by atoms with E-state index in [0.29, 0.717) is 11.9 Å². The second kappa shape index (κ2) is 5.77. The summed E-state index contributed by atoms with van der Waals surface area (Å²) >= 11 is 3.12. The Bertz CT molecular complexity index is 522. The molecule has 0 bridgehead atoms. The summed E-state index contributed by atoms with van der Waals surface area (Å²) in [6, 6.07) is 10.1. The summed E-state index contributed by atoms with van der Waals surface area (Å²) in [6.45, 7) is 0.639. The zero-order valence-electron chi connectivity index (χ0n) is 9.32. The molecular formula is C13H13BrN2O. The highest BCUT2D eigenvalue weighted by atomic mass is 79.9. The third-order valence-corrected chi connectivity index (χ3v) is 3.06. The summed E-state index contributed by atoms with van der Waals surface area (Å²) in [5.41, 5.74) is 2.18. The van der Waals surface area contributed by atoms with Crippen LogP contribution in [-0.2, 0) is 11.2 Å². The standard InChI is InChI=1S/C13H13BrN2O/c14-9-12(17)15-8-6-11-4-1-3-10-5-2-7-16-13(10)11/h1-5,7H,6,8-9H2,(H,15,17). The maximum Gasteiger partial charge on any atom is 0.230 e. The van der Waals surface area contributed by atoms with Crippen molar-refractivity contribution in [1.82, 2.24) is 10.3 Å². The Kier molecular flexibility index (Phi) is 4.09. The molecule has 0 saturated heterocycles. The van der Waals surface area contributed by atoms with E-state index in [4.69, 9.17) is 0 Å². The van der Waals surface area contributed by atoms with E-state index in [1.807, 2.05) is 24.3 Å². The van der Waals surface area contributed by atoms with Crippen molar-refractivity contribution in [2.24, 2.45) is 0 Å². The molecule has 88 valence electrons. The van der Waals surface area contributed by atoms with Crippen molar-refractivity contribution in [3.05, 3.63) is 42.1 Å². The Hall–Kier alpha value is -1.42. The van der Waals surface area contributed by atoms with Gasteiger partial charge in [-0.15, -0.1) is 0 Å². The number of nitrogens with one attached hydrogen (secondary N) is 1. The molecule has 3 nitrogen and oxygen atoms in total. The van der Waals surface area contributed by atoms with Crippen LogP contribution in [-0.4, -0.2) is 22.8 Å². The predicted molar refractivity (Wildman–Crippen MR) is 72.3 cm³/mol. The fraction of sp³-hybridized carbons (Fsp3) is 0.231. The minimum absolute atomic E-state index is 0.0122. The fourth-order valence-electron chi connectivity index (χ4n) is 1.75. The maximum absolute atomic E-state index is 11.1. The lowest BCUT2D eigenvalue weighted by Gasteiger charge is -2.06. The average Bonchev–Trinajstić information content (AvgIpc) is 2.39. The summed E-state index contributed by atoms with van der Waals surface area (Å²) in [5.74, 6) is 0.0122. The molecule has 1 amide bonds. The normalized spacial score (nSPS) is 10.4. The largest absolute Gasteiger partial charge is 0.355 e. The molecule has 0 aliphatic heterocycles. The van der Waals surface area contributed by atoms with Crippen molar-refractivity contribution in [1.29, 1.82) is 0 Å². The summed E-state index contributed by atoms with van der Waals surface area (Å²) < 4.78 is 0. The van der Waals surface area contributed by atoms with Crippen LogP contribution >= 0.6 is 15.9 Å². The first-order valence-corrected chi connectivity index (χ1v) is 6.58. The van der Waals surface area contributed by atoms with E-state index in [9.17, 15) is 4.79 Å². The van der Waals surface area contributed by atoms with Crippen LogP contribution in [0.25, 0.3) is 10.9 Å². The molecule has 0 aliphatic carbocycles. The van der Waals surface area contributed by atoms with Crippen molar-refractivity contribution in [3.63, 3.8) is 0 Å². The van der Waals surface area contributed by atoms with Gasteiger partial charge in [0.1, 0.15) is 0 Å². The van der Waals surface area contributed by atoms with Gasteiger partial charge in [0.25, 0.3) is 0 Å². The summed E-state index contributed by atoms with van der Waals surface area (Å²) in [5, 5.41) is 4.32. The van der Waals surface area contributed by atoms with Crippen molar-refractivity contribution in [3.8, 4) is 0 Å². The van der Waals surface area contributed by atoms with Gasteiger partial charge in [0.2, 0.25) is 5.91 Å². The number of pyridine rings is 1. The number of fused-ring (bicyclic) bond motifs is 1. The molecular weight excluding hydrogens is 280 g/mol. The number of carbonyl (C=O) groups excluding carboxylic acids is 1. The second-order valence-electron chi connectivity index (χ2n) is 3.73. The molecule has 0 fully saturated rings. The van der Waals surface area contributed by atoms with Gasteiger partial charge in [0, 0.05) is 18.1 Å². The Morgan fingerprint density at radius 1 is 1.29 bits per heavy atom. The fourth-order valence-corrected chi connectivity index (χ4v) is 1.95. The summed E-state index contributed by atoms with van der Waals surface area (Å²) in [6.07, 6.45) is 2.59. The third-order valence-electron chi connectivity index (χ3n) is 2.55. The van der Waals surface area contributed by atoms with Crippen LogP contribution in [0.3, 0.4) is 0 Å². The molecule has 17 heavy (non-hydrogen) atoms. The molecule has 1 N–H and O–H groups in total. The number of alkyl halides is 1. The Morgan fingerprint density at radius 3 is 2.94 bits per heavy atom. The van der Waals surface area contributed by atoms with Gasteiger partial charge in [-0.3, -0.25) is 9.78 Å². The first-order valence-electron chi connectivity index (χ1n) is 5.46. The lowest BCUT2D eigenvalue weighted by molar-refractivity contribution is -0.118. The van der Waals surface area contributed by atoms with Crippen LogP contribution in [0.2, 0.25) is 0 Å². The smallest absolute Gasteiger partial charge is 0.230 e. The number of nitrogens with zero attached hydrogens (tertiary/aromatic N) is 1. The van der Waals surface area contributed by atoms with Gasteiger partial charge in [-0.25, -0.2) is 0 Å². The number of halogens is 1. The van der Waals surface area contributed by atoms with Crippen LogP contribution in [0.1, 0.15) is 5.56 Å². The topological polar surface area (TPSA) is 42.0 Å². The lowest BCUT2D eigenvalue weighted by atomic mass is 10.1. The first-order chi connectivity index (χ1) is 8.31. The molecule has 1 aromatic carbocycles. The van der Waals surface area contributed by atoms with Crippen LogP contribution in [0.15, 0.2) is 36.5 Å². The first kappa shape index (κ1) is 12.0. The Morgan fingerprint density at radius 2 is 2.12 bits per heavy atom. The van der Waals surface area contributed by atoms with Gasteiger partial charge in [0.15, 0.2) is 0 Å². The molecule has 0 spiro atoms. The minimum Gasteiger partial charge on any atom is -0.355 e. The highest BCUT2D eigenvalue weighted by molar-refractivity contribution is 9.09. The van der Waals surface area contributed by atoms with Gasteiger partial charge >= 0.3 is 0 Å². The van der Waals surface area contributed by atoms with Gasteiger partial charge in [-0.05, 0) is 18.1 Å². The third kappa shape index (κ3) is 3.03. The minimum atomic E-state index is 0.0122. The molecule has 4 heteroatoms. The van der Waals surface area contributed by atoms with Crippen molar-refractivity contribution in [2.75, 3.05) is 11.9 Å². The number of benzene rings is 1. The van der Waals surface area contributed by atoms with E-state index in [2.05, 4.69) is 32.3 Å². The maximum atomic E-state index is 11.1. The monoisotopic (exact) mass is 292 g/mol. The molecule has 1 aromatic heterocycles. The van der Waals surface area contributed by atoms with E-state index in [1.165, 1.54) is 0 Å².